The van der Waals surface area contributed by atoms with Crippen molar-refractivity contribution in [3.05, 3.63) is 28.3 Å². The Morgan fingerprint density at radius 1 is 1.40 bits per heavy atom. The number of para-hydroxylation sites is 1. The number of halogens is 3. The molecule has 5 nitrogen and oxygen atoms in total. The van der Waals surface area contributed by atoms with Gasteiger partial charge in [0, 0.05) is 6.07 Å². The number of nitrogen functional groups attached to an aromatic ring is 1. The lowest BCUT2D eigenvalue weighted by Gasteiger charge is -2.10. The molecule has 0 aliphatic carbocycles. The highest BCUT2D eigenvalue weighted by molar-refractivity contribution is 5.63. The van der Waals surface area contributed by atoms with Gasteiger partial charge in [0.25, 0.3) is 0 Å². The molecule has 2 N–H and O–H groups in total. The van der Waals surface area contributed by atoms with Gasteiger partial charge in [-0.25, -0.2) is 0 Å². The average molecular weight is 222 g/mol. The molecule has 82 valence electrons. The molecule has 0 unspecified atom stereocenters. The van der Waals surface area contributed by atoms with Crippen LogP contribution in [-0.2, 0) is 0 Å². The van der Waals surface area contributed by atoms with E-state index in [2.05, 4.69) is 4.74 Å². The summed E-state index contributed by atoms with van der Waals surface area (Å²) in [5, 5.41) is 10.4. The molecule has 0 aliphatic heterocycles. The third-order valence-corrected chi connectivity index (χ3v) is 1.44. The fraction of sp³-hybridized carbons (Fsp3) is 0.143. The maximum absolute atomic E-state index is 11.9. The van der Waals surface area contributed by atoms with Crippen LogP contribution in [0.5, 0.6) is 5.75 Å². The normalized spacial score (nSPS) is 11.1. The van der Waals surface area contributed by atoms with E-state index in [1.807, 2.05) is 0 Å². The van der Waals surface area contributed by atoms with Crippen LogP contribution in [0.1, 0.15) is 0 Å². The Morgan fingerprint density at radius 3 is 2.47 bits per heavy atom. The van der Waals surface area contributed by atoms with Crippen molar-refractivity contribution in [3.8, 4) is 5.75 Å². The first kappa shape index (κ1) is 11.1. The number of nitrogens with two attached hydrogens (primary N) is 1. The monoisotopic (exact) mass is 222 g/mol. The minimum atomic E-state index is -5.01. The molecule has 1 aromatic carbocycles. The van der Waals surface area contributed by atoms with Gasteiger partial charge in [-0.15, -0.1) is 13.2 Å². The first-order chi connectivity index (χ1) is 6.81. The number of ether oxygens (including phenoxy) is 1. The molecule has 0 bridgehead atoms. The molecule has 0 saturated carbocycles. The molecule has 1 rings (SSSR count). The van der Waals surface area contributed by atoms with Gasteiger partial charge in [-0.05, 0) is 6.07 Å². The zero-order valence-electron chi connectivity index (χ0n) is 7.12. The predicted octanol–water partition coefficient (Wildman–Crippen LogP) is 2.08. The second-order valence-electron chi connectivity index (χ2n) is 2.50. The van der Waals surface area contributed by atoms with E-state index in [1.165, 1.54) is 0 Å². The van der Waals surface area contributed by atoms with Crippen LogP contribution in [0.3, 0.4) is 0 Å². The largest absolute Gasteiger partial charge is 0.573 e. The van der Waals surface area contributed by atoms with Gasteiger partial charge < -0.3 is 10.5 Å². The minimum Gasteiger partial charge on any atom is -0.396 e. The summed E-state index contributed by atoms with van der Waals surface area (Å²) in [6.45, 7) is 0. The van der Waals surface area contributed by atoms with Crippen LogP contribution >= 0.6 is 0 Å². The average Bonchev–Trinajstić information content (AvgIpc) is 2.05. The van der Waals surface area contributed by atoms with Crippen LogP contribution < -0.4 is 10.5 Å². The number of anilines is 1. The van der Waals surface area contributed by atoms with E-state index in [9.17, 15) is 23.3 Å². The Hall–Kier alpha value is -1.99. The number of benzene rings is 1. The number of alkyl halides is 3. The van der Waals surface area contributed by atoms with E-state index in [0.717, 1.165) is 18.2 Å². The fourth-order valence-electron chi connectivity index (χ4n) is 0.913. The molecule has 0 amide bonds. The molecule has 0 aromatic heterocycles. The van der Waals surface area contributed by atoms with Crippen molar-refractivity contribution in [2.45, 2.75) is 6.36 Å². The summed E-state index contributed by atoms with van der Waals surface area (Å²) in [7, 11) is 0. The van der Waals surface area contributed by atoms with Gasteiger partial charge >= 0.3 is 12.0 Å². The molecule has 0 aliphatic rings. The van der Waals surface area contributed by atoms with E-state index in [4.69, 9.17) is 5.73 Å². The summed E-state index contributed by atoms with van der Waals surface area (Å²) in [4.78, 5) is 9.36. The SMILES string of the molecule is Nc1cccc([N+](=O)[O-])c1OC(F)(F)F. The summed E-state index contributed by atoms with van der Waals surface area (Å²) in [6.07, 6.45) is -5.01. The molecule has 1 aromatic rings. The Labute approximate surface area is 81.4 Å². The van der Waals surface area contributed by atoms with Crippen molar-refractivity contribution >= 4 is 11.4 Å². The third kappa shape index (κ3) is 2.73. The summed E-state index contributed by atoms with van der Waals surface area (Å²) in [5.41, 5.74) is 3.87. The Bertz CT molecular complexity index is 392. The van der Waals surface area contributed by atoms with Gasteiger partial charge in [0.15, 0.2) is 0 Å². The zero-order valence-corrected chi connectivity index (χ0v) is 7.12. The topological polar surface area (TPSA) is 78.4 Å². The van der Waals surface area contributed by atoms with Crippen LogP contribution in [0.4, 0.5) is 24.5 Å². The zero-order chi connectivity index (χ0) is 11.6. The highest BCUT2D eigenvalue weighted by Gasteiger charge is 2.35. The quantitative estimate of drug-likeness (QED) is 0.472. The number of rotatable bonds is 2. The Morgan fingerprint density at radius 2 is 2.00 bits per heavy atom. The summed E-state index contributed by atoms with van der Waals surface area (Å²) >= 11 is 0. The van der Waals surface area contributed by atoms with Gasteiger partial charge in [-0.1, -0.05) is 6.07 Å². The van der Waals surface area contributed by atoms with Gasteiger partial charge in [0.2, 0.25) is 5.75 Å². The lowest BCUT2D eigenvalue weighted by atomic mass is 10.2. The van der Waals surface area contributed by atoms with E-state index >= 15 is 0 Å². The summed E-state index contributed by atoms with van der Waals surface area (Å²) < 4.78 is 39.1. The van der Waals surface area contributed by atoms with E-state index in [-0.39, 0.29) is 0 Å². The second kappa shape index (κ2) is 3.64. The molecule has 0 saturated heterocycles. The van der Waals surface area contributed by atoms with Crippen molar-refractivity contribution in [1.29, 1.82) is 0 Å². The molecule has 0 spiro atoms. The highest BCUT2D eigenvalue weighted by atomic mass is 19.4. The van der Waals surface area contributed by atoms with Crippen LogP contribution in [0.25, 0.3) is 0 Å². The molecule has 8 heteroatoms. The van der Waals surface area contributed by atoms with E-state index < -0.39 is 28.4 Å². The fourth-order valence-corrected chi connectivity index (χ4v) is 0.913. The number of hydrogen-bond donors (Lipinski definition) is 1. The lowest BCUT2D eigenvalue weighted by Crippen LogP contribution is -2.18. The summed E-state index contributed by atoms with van der Waals surface area (Å²) in [6, 6.07) is 3.11. The van der Waals surface area contributed by atoms with Crippen molar-refractivity contribution in [2.75, 3.05) is 5.73 Å². The predicted molar refractivity (Wildman–Crippen MR) is 44.2 cm³/mol. The standard InChI is InChI=1S/C7H5F3N2O3/c8-7(9,10)15-6-4(11)2-1-3-5(6)12(13)14/h1-3H,11H2. The number of nitro groups is 1. The molecular formula is C7H5F3N2O3. The van der Waals surface area contributed by atoms with Crippen LogP contribution in [0.15, 0.2) is 18.2 Å². The molecule has 0 fully saturated rings. The third-order valence-electron chi connectivity index (χ3n) is 1.44. The molecule has 0 atom stereocenters. The van der Waals surface area contributed by atoms with Crippen molar-refractivity contribution < 1.29 is 22.8 Å². The van der Waals surface area contributed by atoms with Crippen LogP contribution in [0.2, 0.25) is 0 Å². The van der Waals surface area contributed by atoms with Crippen molar-refractivity contribution in [3.63, 3.8) is 0 Å². The van der Waals surface area contributed by atoms with Gasteiger partial charge in [-0.2, -0.15) is 0 Å². The molecular weight excluding hydrogens is 217 g/mol. The van der Waals surface area contributed by atoms with Crippen LogP contribution in [0, 0.1) is 10.1 Å². The van der Waals surface area contributed by atoms with E-state index in [1.54, 1.807) is 0 Å². The second-order valence-corrected chi connectivity index (χ2v) is 2.50. The van der Waals surface area contributed by atoms with Gasteiger partial charge in [0.05, 0.1) is 10.6 Å². The molecule has 0 heterocycles. The van der Waals surface area contributed by atoms with E-state index in [0.29, 0.717) is 0 Å². The Balaban J connectivity index is 3.19. The Kier molecular flexibility index (Phi) is 2.69. The summed E-state index contributed by atoms with van der Waals surface area (Å²) in [5.74, 6) is -0.991. The van der Waals surface area contributed by atoms with Crippen molar-refractivity contribution in [1.82, 2.24) is 0 Å². The van der Waals surface area contributed by atoms with Crippen LogP contribution in [-0.4, -0.2) is 11.3 Å². The number of hydrogen-bond acceptors (Lipinski definition) is 4. The van der Waals surface area contributed by atoms with Crippen molar-refractivity contribution in [2.24, 2.45) is 0 Å². The smallest absolute Gasteiger partial charge is 0.396 e. The molecule has 0 radical (unpaired) electrons. The highest BCUT2D eigenvalue weighted by Crippen LogP contribution is 2.36. The molecule has 15 heavy (non-hydrogen) atoms. The number of nitrogens with zero attached hydrogens (tertiary/aromatic N) is 1. The first-order valence-corrected chi connectivity index (χ1v) is 3.60. The maximum atomic E-state index is 11.9. The van der Waals surface area contributed by atoms with Gasteiger partial charge in [0.1, 0.15) is 0 Å². The maximum Gasteiger partial charge on any atom is 0.573 e. The number of nitro benzene ring substituents is 1. The lowest BCUT2D eigenvalue weighted by molar-refractivity contribution is -0.388. The van der Waals surface area contributed by atoms with Gasteiger partial charge in [-0.3, -0.25) is 10.1 Å². The first-order valence-electron chi connectivity index (χ1n) is 3.60. The minimum absolute atomic E-state index is 0.443.